The third-order valence-electron chi connectivity index (χ3n) is 3.62. The number of pyridine rings is 1. The van der Waals surface area contributed by atoms with Crippen LogP contribution in [0.2, 0.25) is 10.0 Å². The molecule has 0 aliphatic rings. The summed E-state index contributed by atoms with van der Waals surface area (Å²) in [5.74, 6) is 0.693. The molecule has 5 nitrogen and oxygen atoms in total. The first-order chi connectivity index (χ1) is 12.4. The van der Waals surface area contributed by atoms with Crippen LogP contribution in [-0.4, -0.2) is 10.9 Å². The van der Waals surface area contributed by atoms with Gasteiger partial charge in [-0.2, -0.15) is 4.98 Å². The summed E-state index contributed by atoms with van der Waals surface area (Å²) < 4.78 is 5.73. The van der Waals surface area contributed by atoms with Gasteiger partial charge in [-0.25, -0.2) is 0 Å². The highest BCUT2D eigenvalue weighted by atomic mass is 35.5. The van der Waals surface area contributed by atoms with Crippen LogP contribution in [0.15, 0.2) is 54.6 Å². The zero-order chi connectivity index (χ0) is 18.7. The normalized spacial score (nSPS) is 10.4. The van der Waals surface area contributed by atoms with Crippen molar-refractivity contribution in [3.8, 4) is 11.6 Å². The number of aryl methyl sites for hydroxylation is 1. The summed E-state index contributed by atoms with van der Waals surface area (Å²) in [6, 6.07) is 15.3. The highest BCUT2D eigenvalue weighted by molar-refractivity contribution is 6.34. The molecule has 132 valence electrons. The average Bonchev–Trinajstić information content (AvgIpc) is 2.60. The molecule has 0 unspecified atom stereocenters. The maximum Gasteiger partial charge on any atom is 0.257 e. The van der Waals surface area contributed by atoms with E-state index in [0.29, 0.717) is 32.9 Å². The number of anilines is 2. The summed E-state index contributed by atoms with van der Waals surface area (Å²) in [5, 5.41) is 3.67. The average molecular weight is 388 g/mol. The standard InChI is InChI=1S/C19H15Cl2N3O2/c1-11-10-12(20)6-8-16(11)26-17-9-7-15(18(22)24-17)23-19(25)13-4-2-3-5-14(13)21/h2-10H,1H3,(H2,22,24)(H,23,25). The van der Waals surface area contributed by atoms with Gasteiger partial charge in [0, 0.05) is 11.1 Å². The number of carbonyl (C=O) groups is 1. The van der Waals surface area contributed by atoms with Crippen molar-refractivity contribution in [2.45, 2.75) is 6.92 Å². The number of rotatable bonds is 4. The van der Waals surface area contributed by atoms with E-state index in [0.717, 1.165) is 5.56 Å². The van der Waals surface area contributed by atoms with Gasteiger partial charge in [0.2, 0.25) is 5.88 Å². The predicted molar refractivity (Wildman–Crippen MR) is 104 cm³/mol. The van der Waals surface area contributed by atoms with Crippen molar-refractivity contribution >= 4 is 40.6 Å². The molecule has 0 bridgehead atoms. The van der Waals surface area contributed by atoms with Crippen molar-refractivity contribution in [2.75, 3.05) is 11.1 Å². The molecular weight excluding hydrogens is 373 g/mol. The van der Waals surface area contributed by atoms with Crippen molar-refractivity contribution in [3.63, 3.8) is 0 Å². The first-order valence-corrected chi connectivity index (χ1v) is 8.46. The molecule has 0 aliphatic heterocycles. The first-order valence-electron chi connectivity index (χ1n) is 7.70. The minimum absolute atomic E-state index is 0.134. The molecule has 0 saturated carbocycles. The molecule has 0 spiro atoms. The number of nitrogen functional groups attached to an aromatic ring is 1. The molecular formula is C19H15Cl2N3O2. The number of amides is 1. The van der Waals surface area contributed by atoms with E-state index in [1.807, 2.05) is 6.92 Å². The zero-order valence-corrected chi connectivity index (χ0v) is 15.3. The summed E-state index contributed by atoms with van der Waals surface area (Å²) in [6.45, 7) is 1.88. The van der Waals surface area contributed by atoms with E-state index in [1.54, 1.807) is 54.6 Å². The van der Waals surface area contributed by atoms with Crippen LogP contribution in [0.4, 0.5) is 11.5 Å². The van der Waals surface area contributed by atoms with Crippen molar-refractivity contribution in [2.24, 2.45) is 0 Å². The number of benzene rings is 2. The molecule has 0 aliphatic carbocycles. The van der Waals surface area contributed by atoms with Crippen LogP contribution in [0.3, 0.4) is 0 Å². The molecule has 0 atom stereocenters. The fraction of sp³-hybridized carbons (Fsp3) is 0.0526. The fourth-order valence-electron chi connectivity index (χ4n) is 2.29. The Balaban J connectivity index is 1.77. The molecule has 3 rings (SSSR count). The Morgan fingerprint density at radius 1 is 1.12 bits per heavy atom. The summed E-state index contributed by atoms with van der Waals surface area (Å²) in [7, 11) is 0. The van der Waals surface area contributed by atoms with Crippen molar-refractivity contribution < 1.29 is 9.53 Å². The second-order valence-corrected chi connectivity index (χ2v) is 6.37. The van der Waals surface area contributed by atoms with Gasteiger partial charge in [0.25, 0.3) is 5.91 Å². The van der Waals surface area contributed by atoms with Gasteiger partial charge < -0.3 is 15.8 Å². The quantitative estimate of drug-likeness (QED) is 0.634. The third-order valence-corrected chi connectivity index (χ3v) is 4.18. The third kappa shape index (κ3) is 4.07. The van der Waals surface area contributed by atoms with E-state index in [9.17, 15) is 4.79 Å². The second-order valence-electron chi connectivity index (χ2n) is 5.53. The van der Waals surface area contributed by atoms with Crippen molar-refractivity contribution in [3.05, 3.63) is 75.8 Å². The Hall–Kier alpha value is -2.76. The molecule has 1 amide bonds. The molecule has 3 N–H and O–H groups in total. The molecule has 3 aromatic rings. The van der Waals surface area contributed by atoms with E-state index in [2.05, 4.69) is 10.3 Å². The lowest BCUT2D eigenvalue weighted by molar-refractivity contribution is 0.102. The number of ether oxygens (including phenoxy) is 1. The summed E-state index contributed by atoms with van der Waals surface area (Å²) in [5.41, 5.74) is 7.53. The minimum atomic E-state index is -0.369. The van der Waals surface area contributed by atoms with E-state index in [4.69, 9.17) is 33.7 Å². The fourth-order valence-corrected chi connectivity index (χ4v) is 2.74. The molecule has 0 saturated heterocycles. The van der Waals surface area contributed by atoms with Crippen LogP contribution in [0.5, 0.6) is 11.6 Å². The number of nitrogens with one attached hydrogen (secondary N) is 1. The van der Waals surface area contributed by atoms with Gasteiger partial charge in [-0.3, -0.25) is 4.79 Å². The van der Waals surface area contributed by atoms with Crippen LogP contribution in [0, 0.1) is 6.92 Å². The van der Waals surface area contributed by atoms with Gasteiger partial charge in [-0.05, 0) is 48.9 Å². The Kier molecular flexibility index (Phi) is 5.30. The highest BCUT2D eigenvalue weighted by Gasteiger charge is 2.13. The molecule has 1 heterocycles. The lowest BCUT2D eigenvalue weighted by atomic mass is 10.2. The smallest absolute Gasteiger partial charge is 0.257 e. The number of nitrogens with two attached hydrogens (primary N) is 1. The maximum absolute atomic E-state index is 12.3. The van der Waals surface area contributed by atoms with Crippen LogP contribution >= 0.6 is 23.2 Å². The highest BCUT2D eigenvalue weighted by Crippen LogP contribution is 2.29. The summed E-state index contributed by atoms with van der Waals surface area (Å²) in [4.78, 5) is 16.5. The van der Waals surface area contributed by atoms with E-state index in [-0.39, 0.29) is 11.7 Å². The van der Waals surface area contributed by atoms with Crippen LogP contribution in [0.25, 0.3) is 0 Å². The van der Waals surface area contributed by atoms with Gasteiger partial charge in [0.1, 0.15) is 5.75 Å². The van der Waals surface area contributed by atoms with E-state index < -0.39 is 0 Å². The van der Waals surface area contributed by atoms with Crippen molar-refractivity contribution in [1.29, 1.82) is 0 Å². The van der Waals surface area contributed by atoms with Gasteiger partial charge in [0.15, 0.2) is 5.82 Å². The summed E-state index contributed by atoms with van der Waals surface area (Å²) in [6.07, 6.45) is 0. The molecule has 2 aromatic carbocycles. The predicted octanol–water partition coefficient (Wildman–Crippen LogP) is 5.32. The minimum Gasteiger partial charge on any atom is -0.439 e. The lowest BCUT2D eigenvalue weighted by Gasteiger charge is -2.11. The maximum atomic E-state index is 12.3. The lowest BCUT2D eigenvalue weighted by Crippen LogP contribution is -2.14. The number of aromatic nitrogens is 1. The Morgan fingerprint density at radius 3 is 2.58 bits per heavy atom. The van der Waals surface area contributed by atoms with Gasteiger partial charge in [-0.15, -0.1) is 0 Å². The van der Waals surface area contributed by atoms with Crippen LogP contribution < -0.4 is 15.8 Å². The van der Waals surface area contributed by atoms with Crippen LogP contribution in [0.1, 0.15) is 15.9 Å². The van der Waals surface area contributed by atoms with Crippen molar-refractivity contribution in [1.82, 2.24) is 4.98 Å². The number of hydrogen-bond donors (Lipinski definition) is 2. The number of halogens is 2. The molecule has 0 fully saturated rings. The molecule has 1 aromatic heterocycles. The van der Waals surface area contributed by atoms with Gasteiger partial charge in [-0.1, -0.05) is 35.3 Å². The monoisotopic (exact) mass is 387 g/mol. The molecule has 26 heavy (non-hydrogen) atoms. The van der Waals surface area contributed by atoms with Gasteiger partial charge >= 0.3 is 0 Å². The Bertz CT molecular complexity index is 977. The topological polar surface area (TPSA) is 77.2 Å². The largest absolute Gasteiger partial charge is 0.439 e. The molecule has 0 radical (unpaired) electrons. The number of hydrogen-bond acceptors (Lipinski definition) is 4. The summed E-state index contributed by atoms with van der Waals surface area (Å²) >= 11 is 12.0. The zero-order valence-electron chi connectivity index (χ0n) is 13.8. The molecule has 7 heteroatoms. The number of nitrogens with zero attached hydrogens (tertiary/aromatic N) is 1. The van der Waals surface area contributed by atoms with Gasteiger partial charge in [0.05, 0.1) is 16.3 Å². The Morgan fingerprint density at radius 2 is 1.88 bits per heavy atom. The van der Waals surface area contributed by atoms with E-state index in [1.165, 1.54) is 0 Å². The number of carbonyl (C=O) groups excluding carboxylic acids is 1. The SMILES string of the molecule is Cc1cc(Cl)ccc1Oc1ccc(NC(=O)c2ccccc2Cl)c(N)n1. The Labute approximate surface area is 160 Å². The van der Waals surface area contributed by atoms with E-state index >= 15 is 0 Å². The second kappa shape index (κ2) is 7.64. The first kappa shape index (κ1) is 18.0. The van der Waals surface area contributed by atoms with Crippen LogP contribution in [-0.2, 0) is 0 Å².